The molecule has 0 saturated heterocycles. The molecule has 3 aromatic rings. The van der Waals surface area contributed by atoms with Crippen LogP contribution in [0, 0.1) is 5.82 Å². The zero-order chi connectivity index (χ0) is 19.8. The zero-order valence-electron chi connectivity index (χ0n) is 15.9. The zero-order valence-corrected chi connectivity index (χ0v) is 15.9. The molecule has 0 aromatic heterocycles. The first-order valence-corrected chi connectivity index (χ1v) is 8.99. The van der Waals surface area contributed by atoms with Gasteiger partial charge in [-0.05, 0) is 48.4 Å². The maximum absolute atomic E-state index is 14.1. The molecule has 1 aliphatic rings. The highest BCUT2D eigenvalue weighted by Gasteiger charge is 2.34. The number of benzene rings is 3. The second kappa shape index (κ2) is 7.00. The van der Waals surface area contributed by atoms with Crippen molar-refractivity contribution in [3.8, 4) is 22.6 Å². The van der Waals surface area contributed by atoms with Gasteiger partial charge in [-0.15, -0.1) is 0 Å². The van der Waals surface area contributed by atoms with Crippen molar-refractivity contribution in [3.63, 3.8) is 0 Å². The Morgan fingerprint density at radius 3 is 2.50 bits per heavy atom. The first-order valence-electron chi connectivity index (χ1n) is 8.99. The van der Waals surface area contributed by atoms with Crippen LogP contribution in [0.2, 0.25) is 0 Å². The van der Waals surface area contributed by atoms with Crippen molar-refractivity contribution in [2.45, 2.75) is 13.0 Å². The van der Waals surface area contributed by atoms with Crippen LogP contribution in [-0.4, -0.2) is 20.1 Å². The Hall–Kier alpha value is -3.34. The number of carbonyl (C=O) groups excluding carboxylic acids is 1. The van der Waals surface area contributed by atoms with Gasteiger partial charge in [0.2, 0.25) is 0 Å². The van der Waals surface area contributed by atoms with Crippen molar-refractivity contribution in [3.05, 3.63) is 77.6 Å². The van der Waals surface area contributed by atoms with E-state index in [2.05, 4.69) is 0 Å². The molecule has 4 rings (SSSR count). The van der Waals surface area contributed by atoms with E-state index >= 15 is 0 Å². The van der Waals surface area contributed by atoms with Gasteiger partial charge in [0, 0.05) is 11.6 Å². The number of hydrogen-bond acceptors (Lipinski definition) is 3. The van der Waals surface area contributed by atoms with Crippen LogP contribution in [0.1, 0.15) is 28.9 Å². The lowest BCUT2D eigenvalue weighted by Crippen LogP contribution is -2.36. The first-order chi connectivity index (χ1) is 13.5. The fraction of sp³-hybridized carbons (Fsp3) is 0.174. The molecular weight excluding hydrogens is 357 g/mol. The lowest BCUT2D eigenvalue weighted by Gasteiger charge is -2.37. The summed E-state index contributed by atoms with van der Waals surface area (Å²) in [6.07, 6.45) is 0. The van der Waals surface area contributed by atoms with Gasteiger partial charge in [-0.25, -0.2) is 4.39 Å². The molecule has 0 fully saturated rings. The van der Waals surface area contributed by atoms with Crippen molar-refractivity contribution in [1.29, 1.82) is 0 Å². The van der Waals surface area contributed by atoms with E-state index in [1.807, 2.05) is 31.2 Å². The second-order valence-corrected chi connectivity index (χ2v) is 6.67. The van der Waals surface area contributed by atoms with Gasteiger partial charge >= 0.3 is 0 Å². The lowest BCUT2D eigenvalue weighted by molar-refractivity contribution is 0.0975. The Kier molecular flexibility index (Phi) is 4.51. The maximum atomic E-state index is 14.1. The summed E-state index contributed by atoms with van der Waals surface area (Å²) in [6, 6.07) is 17.2. The van der Waals surface area contributed by atoms with Crippen molar-refractivity contribution >= 4 is 11.6 Å². The quantitative estimate of drug-likeness (QED) is 0.627. The first kappa shape index (κ1) is 18.0. The van der Waals surface area contributed by atoms with E-state index in [0.717, 1.165) is 16.7 Å². The lowest BCUT2D eigenvalue weighted by atomic mass is 9.88. The number of ether oxygens (including phenoxy) is 2. The SMILES string of the molecule is COc1ccc(C(=O)N2c3cc(F)ccc3-c3ccccc3C2C)c(OC)c1. The van der Waals surface area contributed by atoms with Crippen molar-refractivity contribution in [1.82, 2.24) is 0 Å². The predicted octanol–water partition coefficient (Wildman–Crippen LogP) is 5.23. The Balaban J connectivity index is 1.89. The summed E-state index contributed by atoms with van der Waals surface area (Å²) in [6.45, 7) is 1.95. The molecule has 0 saturated carbocycles. The number of hydrogen-bond donors (Lipinski definition) is 0. The van der Waals surface area contributed by atoms with E-state index in [9.17, 15) is 9.18 Å². The molecule has 0 bridgehead atoms. The number of fused-ring (bicyclic) bond motifs is 3. The number of halogens is 1. The third kappa shape index (κ3) is 2.80. The minimum atomic E-state index is -0.384. The Labute approximate surface area is 163 Å². The summed E-state index contributed by atoms with van der Waals surface area (Å²) in [5, 5.41) is 0. The number of amides is 1. The van der Waals surface area contributed by atoms with Crippen LogP contribution in [0.5, 0.6) is 11.5 Å². The molecule has 1 heterocycles. The van der Waals surface area contributed by atoms with Gasteiger partial charge in [0.15, 0.2) is 0 Å². The summed E-state index contributed by atoms with van der Waals surface area (Å²) in [5.74, 6) is 0.364. The molecule has 1 amide bonds. The van der Waals surface area contributed by atoms with E-state index in [4.69, 9.17) is 9.47 Å². The normalized spacial score (nSPS) is 14.9. The van der Waals surface area contributed by atoms with Crippen molar-refractivity contribution in [2.24, 2.45) is 0 Å². The van der Waals surface area contributed by atoms with Gasteiger partial charge < -0.3 is 14.4 Å². The minimum absolute atomic E-state index is 0.256. The van der Waals surface area contributed by atoms with E-state index in [0.29, 0.717) is 22.7 Å². The standard InChI is InChI=1S/C23H20FNO3/c1-14-17-6-4-5-7-18(17)19-10-8-15(24)12-21(19)25(14)23(26)20-11-9-16(27-2)13-22(20)28-3/h4-14H,1-3H3. The summed E-state index contributed by atoms with van der Waals surface area (Å²) in [5.41, 5.74) is 3.80. The Morgan fingerprint density at radius 2 is 1.75 bits per heavy atom. The van der Waals surface area contributed by atoms with Gasteiger partial charge in [-0.1, -0.05) is 24.3 Å². The molecule has 0 aliphatic carbocycles. The molecular formula is C23H20FNO3. The average molecular weight is 377 g/mol. The van der Waals surface area contributed by atoms with E-state index in [1.165, 1.54) is 19.2 Å². The molecule has 3 aromatic carbocycles. The summed E-state index contributed by atoms with van der Waals surface area (Å²) < 4.78 is 24.7. The van der Waals surface area contributed by atoms with Crippen LogP contribution >= 0.6 is 0 Å². The molecule has 1 unspecified atom stereocenters. The van der Waals surface area contributed by atoms with Gasteiger partial charge in [0.25, 0.3) is 5.91 Å². The van der Waals surface area contributed by atoms with Gasteiger partial charge in [0.05, 0.1) is 31.5 Å². The fourth-order valence-corrected chi connectivity index (χ4v) is 3.78. The summed E-state index contributed by atoms with van der Waals surface area (Å²) in [4.78, 5) is 15.2. The van der Waals surface area contributed by atoms with Crippen LogP contribution < -0.4 is 14.4 Å². The van der Waals surface area contributed by atoms with E-state index < -0.39 is 0 Å². The number of rotatable bonds is 3. The van der Waals surface area contributed by atoms with Crippen LogP contribution in [-0.2, 0) is 0 Å². The van der Waals surface area contributed by atoms with E-state index in [1.54, 1.807) is 36.3 Å². The predicted molar refractivity (Wildman–Crippen MR) is 107 cm³/mol. The monoisotopic (exact) mass is 377 g/mol. The Bertz CT molecular complexity index is 1060. The number of anilines is 1. The van der Waals surface area contributed by atoms with Crippen LogP contribution in [0.25, 0.3) is 11.1 Å². The van der Waals surface area contributed by atoms with Crippen molar-refractivity contribution < 1.29 is 18.7 Å². The largest absolute Gasteiger partial charge is 0.497 e. The van der Waals surface area contributed by atoms with Crippen LogP contribution in [0.3, 0.4) is 0 Å². The smallest absolute Gasteiger partial charge is 0.262 e. The summed E-state index contributed by atoms with van der Waals surface area (Å²) in [7, 11) is 3.06. The van der Waals surface area contributed by atoms with Gasteiger partial charge in [-0.2, -0.15) is 0 Å². The molecule has 1 aliphatic heterocycles. The number of methoxy groups -OCH3 is 2. The van der Waals surface area contributed by atoms with Crippen molar-refractivity contribution in [2.75, 3.05) is 19.1 Å². The highest BCUT2D eigenvalue weighted by Crippen LogP contribution is 2.45. The van der Waals surface area contributed by atoms with Gasteiger partial charge in [-0.3, -0.25) is 4.79 Å². The molecule has 0 radical (unpaired) electrons. The highest BCUT2D eigenvalue weighted by molar-refractivity contribution is 6.11. The molecule has 5 heteroatoms. The fourth-order valence-electron chi connectivity index (χ4n) is 3.78. The third-order valence-electron chi connectivity index (χ3n) is 5.17. The molecule has 142 valence electrons. The third-order valence-corrected chi connectivity index (χ3v) is 5.17. The molecule has 0 N–H and O–H groups in total. The molecule has 0 spiro atoms. The maximum Gasteiger partial charge on any atom is 0.262 e. The Morgan fingerprint density at radius 1 is 0.964 bits per heavy atom. The molecule has 28 heavy (non-hydrogen) atoms. The minimum Gasteiger partial charge on any atom is -0.497 e. The van der Waals surface area contributed by atoms with E-state index in [-0.39, 0.29) is 17.8 Å². The number of nitrogens with zero attached hydrogens (tertiary/aromatic N) is 1. The van der Waals surface area contributed by atoms with Gasteiger partial charge in [0.1, 0.15) is 17.3 Å². The number of carbonyl (C=O) groups is 1. The average Bonchev–Trinajstić information content (AvgIpc) is 2.73. The topological polar surface area (TPSA) is 38.8 Å². The molecule has 1 atom stereocenters. The second-order valence-electron chi connectivity index (χ2n) is 6.67. The highest BCUT2D eigenvalue weighted by atomic mass is 19.1. The van der Waals surface area contributed by atoms with Crippen LogP contribution in [0.4, 0.5) is 10.1 Å². The molecule has 4 nitrogen and oxygen atoms in total. The van der Waals surface area contributed by atoms with Crippen LogP contribution in [0.15, 0.2) is 60.7 Å². The summed E-state index contributed by atoms with van der Waals surface area (Å²) >= 11 is 0.